The second-order valence-electron chi connectivity index (χ2n) is 7.21. The van der Waals surface area contributed by atoms with Crippen LogP contribution in [-0.2, 0) is 21.2 Å². The molecule has 0 unspecified atom stereocenters. The molecule has 3 aromatic rings. The van der Waals surface area contributed by atoms with Crippen molar-refractivity contribution < 1.29 is 17.7 Å². The lowest BCUT2D eigenvalue weighted by Crippen LogP contribution is -2.14. The highest BCUT2D eigenvalue weighted by molar-refractivity contribution is 7.92. The van der Waals surface area contributed by atoms with Crippen molar-refractivity contribution in [2.75, 3.05) is 10.0 Å². The third kappa shape index (κ3) is 5.40. The average Bonchev–Trinajstić information content (AvgIpc) is 3.06. The van der Waals surface area contributed by atoms with E-state index in [0.717, 1.165) is 12.0 Å². The smallest absolute Gasteiger partial charge is 0.262 e. The van der Waals surface area contributed by atoms with Gasteiger partial charge in [0.1, 0.15) is 11.4 Å². The molecule has 1 aromatic heterocycles. The summed E-state index contributed by atoms with van der Waals surface area (Å²) in [6.07, 6.45) is 4.17. The number of amides is 1. The Balaban J connectivity index is 1.90. The summed E-state index contributed by atoms with van der Waals surface area (Å²) in [6.45, 7) is 6.89. The molecule has 0 fully saturated rings. The maximum absolute atomic E-state index is 13.0. The largest absolute Gasteiger partial charge is 0.354 e. The number of aryl methyl sites for hydroxylation is 3. The van der Waals surface area contributed by atoms with Crippen molar-refractivity contribution >= 4 is 39.5 Å². The van der Waals surface area contributed by atoms with Gasteiger partial charge in [0.2, 0.25) is 5.91 Å². The molecule has 1 heterocycles. The third-order valence-corrected chi connectivity index (χ3v) is 6.23. The first-order chi connectivity index (χ1) is 14.7. The predicted octanol–water partition coefficient (Wildman–Crippen LogP) is 4.78. The molecule has 1 amide bonds. The number of hydrogen-bond acceptors (Lipinski definition) is 5. The molecule has 0 bridgehead atoms. The number of anilines is 2. The van der Waals surface area contributed by atoms with Gasteiger partial charge in [-0.05, 0) is 61.2 Å². The van der Waals surface area contributed by atoms with Crippen molar-refractivity contribution in [3.05, 3.63) is 70.6 Å². The number of carbonyl (C=O) groups excluding carboxylic acids is 1. The molecule has 2 aromatic carbocycles. The Morgan fingerprint density at radius 3 is 2.61 bits per heavy atom. The lowest BCUT2D eigenvalue weighted by atomic mass is 10.1. The van der Waals surface area contributed by atoms with Gasteiger partial charge in [0.15, 0.2) is 5.76 Å². The van der Waals surface area contributed by atoms with E-state index in [1.807, 2.05) is 31.2 Å². The van der Waals surface area contributed by atoms with Crippen LogP contribution in [-0.4, -0.2) is 19.5 Å². The number of rotatable bonds is 7. The zero-order valence-electron chi connectivity index (χ0n) is 17.9. The van der Waals surface area contributed by atoms with E-state index in [1.54, 1.807) is 44.2 Å². The molecule has 162 valence electrons. The van der Waals surface area contributed by atoms with Crippen LogP contribution in [0.25, 0.3) is 12.2 Å². The minimum atomic E-state index is -3.77. The molecular formula is C23H25N3O4S. The zero-order chi connectivity index (χ0) is 22.6. The summed E-state index contributed by atoms with van der Waals surface area (Å²) >= 11 is 0. The molecule has 8 heteroatoms. The van der Waals surface area contributed by atoms with Gasteiger partial charge in [0.05, 0.1) is 4.90 Å². The molecule has 31 heavy (non-hydrogen) atoms. The van der Waals surface area contributed by atoms with E-state index in [1.165, 1.54) is 6.92 Å². The summed E-state index contributed by atoms with van der Waals surface area (Å²) in [5.41, 5.74) is 3.91. The average molecular weight is 440 g/mol. The van der Waals surface area contributed by atoms with Gasteiger partial charge in [-0.3, -0.25) is 9.52 Å². The van der Waals surface area contributed by atoms with Crippen molar-refractivity contribution in [2.45, 2.75) is 39.0 Å². The summed E-state index contributed by atoms with van der Waals surface area (Å²) < 4.78 is 33.9. The van der Waals surface area contributed by atoms with Gasteiger partial charge >= 0.3 is 0 Å². The van der Waals surface area contributed by atoms with Crippen LogP contribution < -0.4 is 10.0 Å². The third-order valence-electron chi connectivity index (χ3n) is 4.71. The summed E-state index contributed by atoms with van der Waals surface area (Å²) in [5, 5.41) is 6.55. The minimum absolute atomic E-state index is 0.187. The fraction of sp³-hybridized carbons (Fsp3) is 0.217. The normalized spacial score (nSPS) is 11.6. The molecular weight excluding hydrogens is 414 g/mol. The number of nitrogens with one attached hydrogen (secondary N) is 2. The van der Waals surface area contributed by atoms with Crippen LogP contribution in [0.3, 0.4) is 0 Å². The number of carbonyl (C=O) groups is 1. The Morgan fingerprint density at radius 2 is 1.90 bits per heavy atom. The Morgan fingerprint density at radius 1 is 1.13 bits per heavy atom. The van der Waals surface area contributed by atoms with Gasteiger partial charge in [0.25, 0.3) is 10.0 Å². The van der Waals surface area contributed by atoms with E-state index in [0.29, 0.717) is 34.0 Å². The minimum Gasteiger partial charge on any atom is -0.354 e. The molecule has 2 N–H and O–H groups in total. The summed E-state index contributed by atoms with van der Waals surface area (Å²) in [6, 6.07) is 12.5. The first-order valence-electron chi connectivity index (χ1n) is 9.84. The van der Waals surface area contributed by atoms with Crippen LogP contribution in [0.2, 0.25) is 0 Å². The fourth-order valence-corrected chi connectivity index (χ4v) is 4.41. The Kier molecular flexibility index (Phi) is 6.60. The van der Waals surface area contributed by atoms with Gasteiger partial charge in [-0.15, -0.1) is 0 Å². The highest BCUT2D eigenvalue weighted by atomic mass is 32.2. The number of aromatic nitrogens is 1. The maximum Gasteiger partial charge on any atom is 0.262 e. The summed E-state index contributed by atoms with van der Waals surface area (Å²) in [4.78, 5) is 11.6. The SMILES string of the molecule is CCc1cccc(NS(=O)(=O)c2cc(/C=C\c3onc(C)c3NC(C)=O)ccc2C)c1. The zero-order valence-corrected chi connectivity index (χ0v) is 18.7. The van der Waals surface area contributed by atoms with E-state index in [4.69, 9.17) is 4.52 Å². The molecule has 0 atom stereocenters. The van der Waals surface area contributed by atoms with Crippen LogP contribution in [0, 0.1) is 13.8 Å². The van der Waals surface area contributed by atoms with E-state index in [-0.39, 0.29) is 10.8 Å². The second kappa shape index (κ2) is 9.18. The lowest BCUT2D eigenvalue weighted by Gasteiger charge is -2.12. The first-order valence-corrected chi connectivity index (χ1v) is 11.3. The molecule has 3 rings (SSSR count). The van der Waals surface area contributed by atoms with Crippen molar-refractivity contribution in [3.8, 4) is 0 Å². The number of benzene rings is 2. The molecule has 0 aliphatic heterocycles. The van der Waals surface area contributed by atoms with Gasteiger partial charge in [-0.2, -0.15) is 0 Å². The Bertz CT molecular complexity index is 1240. The molecule has 0 saturated heterocycles. The van der Waals surface area contributed by atoms with E-state index >= 15 is 0 Å². The highest BCUT2D eigenvalue weighted by Crippen LogP contribution is 2.25. The number of sulfonamides is 1. The van der Waals surface area contributed by atoms with Gasteiger partial charge < -0.3 is 9.84 Å². The van der Waals surface area contributed by atoms with Crippen LogP contribution in [0.15, 0.2) is 51.9 Å². The molecule has 0 radical (unpaired) electrons. The standard InChI is InChI=1S/C23H25N3O4S/c1-5-18-7-6-8-20(13-18)26-31(28,29)22-14-19(10-9-15(22)2)11-12-21-23(24-17(4)27)16(3)25-30-21/h6-14,26H,5H2,1-4H3,(H,24,27)/b12-11-. The van der Waals surface area contributed by atoms with Crippen molar-refractivity contribution in [1.82, 2.24) is 5.16 Å². The van der Waals surface area contributed by atoms with Crippen LogP contribution in [0.1, 0.15) is 42.0 Å². The van der Waals surface area contributed by atoms with Crippen LogP contribution in [0.4, 0.5) is 11.4 Å². The van der Waals surface area contributed by atoms with Crippen molar-refractivity contribution in [3.63, 3.8) is 0 Å². The second-order valence-corrected chi connectivity index (χ2v) is 8.86. The highest BCUT2D eigenvalue weighted by Gasteiger charge is 2.18. The van der Waals surface area contributed by atoms with Crippen molar-refractivity contribution in [2.24, 2.45) is 0 Å². The topological polar surface area (TPSA) is 101 Å². The van der Waals surface area contributed by atoms with Crippen molar-refractivity contribution in [1.29, 1.82) is 0 Å². The van der Waals surface area contributed by atoms with E-state index < -0.39 is 10.0 Å². The lowest BCUT2D eigenvalue weighted by molar-refractivity contribution is -0.114. The summed E-state index contributed by atoms with van der Waals surface area (Å²) in [7, 11) is -3.77. The van der Waals surface area contributed by atoms with Gasteiger partial charge in [-0.1, -0.05) is 42.4 Å². The van der Waals surface area contributed by atoms with Gasteiger partial charge in [0, 0.05) is 12.6 Å². The molecule has 0 aliphatic rings. The summed E-state index contributed by atoms with van der Waals surface area (Å²) in [5.74, 6) is 0.148. The number of nitrogens with zero attached hydrogens (tertiary/aromatic N) is 1. The van der Waals surface area contributed by atoms with Crippen LogP contribution >= 0.6 is 0 Å². The molecule has 0 aliphatic carbocycles. The molecule has 0 saturated carbocycles. The number of hydrogen-bond donors (Lipinski definition) is 2. The molecule has 7 nitrogen and oxygen atoms in total. The fourth-order valence-electron chi connectivity index (χ4n) is 3.08. The van der Waals surface area contributed by atoms with E-state index in [9.17, 15) is 13.2 Å². The molecule has 0 spiro atoms. The maximum atomic E-state index is 13.0. The Hall–Kier alpha value is -3.39. The van der Waals surface area contributed by atoms with E-state index in [2.05, 4.69) is 15.2 Å². The first kappa shape index (κ1) is 22.3. The Labute approximate surface area is 182 Å². The van der Waals surface area contributed by atoms with Gasteiger partial charge in [-0.25, -0.2) is 8.42 Å². The monoisotopic (exact) mass is 439 g/mol. The quantitative estimate of drug-likeness (QED) is 0.551. The van der Waals surface area contributed by atoms with Crippen LogP contribution in [0.5, 0.6) is 0 Å². The predicted molar refractivity (Wildman–Crippen MR) is 122 cm³/mol.